The first kappa shape index (κ1) is 19.8. The zero-order chi connectivity index (χ0) is 19.1. The number of anilines is 1. The maximum Gasteiger partial charge on any atom is 0.170 e. The molecule has 144 valence electrons. The van der Waals surface area contributed by atoms with Gasteiger partial charge in [0.2, 0.25) is 0 Å². The Hall–Kier alpha value is -1.95. The summed E-state index contributed by atoms with van der Waals surface area (Å²) in [6, 6.07) is 19.0. The van der Waals surface area contributed by atoms with Crippen molar-refractivity contribution in [3.63, 3.8) is 0 Å². The number of benzene rings is 2. The number of rotatable bonds is 6. The van der Waals surface area contributed by atoms with Crippen molar-refractivity contribution < 1.29 is 4.74 Å². The van der Waals surface area contributed by atoms with Crippen LogP contribution < -0.4 is 10.6 Å². The lowest BCUT2D eigenvalue weighted by Crippen LogP contribution is -2.47. The second-order valence-electron chi connectivity index (χ2n) is 7.33. The Morgan fingerprint density at radius 3 is 2.59 bits per heavy atom. The van der Waals surface area contributed by atoms with E-state index >= 15 is 0 Å². The first-order valence-corrected chi connectivity index (χ1v) is 10.0. The maximum absolute atomic E-state index is 5.90. The molecule has 0 saturated carbocycles. The molecule has 0 unspecified atom stereocenters. The molecule has 0 spiro atoms. The highest BCUT2D eigenvalue weighted by Gasteiger charge is 2.20. The van der Waals surface area contributed by atoms with Gasteiger partial charge in [0.05, 0.1) is 12.7 Å². The van der Waals surface area contributed by atoms with Crippen LogP contribution in [0.3, 0.4) is 0 Å². The number of thiocarbonyl (C=S) groups is 1. The number of nitrogens with one attached hydrogen (secondary N) is 2. The third-order valence-electron chi connectivity index (χ3n) is 4.80. The van der Waals surface area contributed by atoms with Gasteiger partial charge in [0, 0.05) is 31.9 Å². The molecule has 1 aliphatic heterocycles. The highest BCUT2D eigenvalue weighted by molar-refractivity contribution is 7.80. The lowest BCUT2D eigenvalue weighted by molar-refractivity contribution is -0.0279. The molecule has 0 radical (unpaired) electrons. The van der Waals surface area contributed by atoms with E-state index in [2.05, 4.69) is 84.0 Å². The second-order valence-corrected chi connectivity index (χ2v) is 7.73. The van der Waals surface area contributed by atoms with E-state index in [1.165, 1.54) is 11.1 Å². The van der Waals surface area contributed by atoms with Crippen LogP contribution in [0.25, 0.3) is 0 Å². The minimum absolute atomic E-state index is 0.144. The zero-order valence-electron chi connectivity index (χ0n) is 16.2. The van der Waals surface area contributed by atoms with E-state index in [4.69, 9.17) is 17.0 Å². The molecule has 2 aromatic rings. The largest absolute Gasteiger partial charge is 0.374 e. The van der Waals surface area contributed by atoms with Gasteiger partial charge in [0.1, 0.15) is 0 Å². The smallest absolute Gasteiger partial charge is 0.170 e. The second kappa shape index (κ2) is 9.83. The van der Waals surface area contributed by atoms with Crippen molar-refractivity contribution in [2.75, 3.05) is 31.6 Å². The summed E-state index contributed by atoms with van der Waals surface area (Å²) in [5.41, 5.74) is 3.67. The van der Waals surface area contributed by atoms with E-state index in [0.717, 1.165) is 31.9 Å². The van der Waals surface area contributed by atoms with Gasteiger partial charge in [0.25, 0.3) is 0 Å². The average molecular weight is 384 g/mol. The van der Waals surface area contributed by atoms with Crippen molar-refractivity contribution in [2.45, 2.75) is 32.4 Å². The van der Waals surface area contributed by atoms with Gasteiger partial charge in [-0.15, -0.1) is 0 Å². The van der Waals surface area contributed by atoms with Crippen LogP contribution in [0.1, 0.15) is 30.9 Å². The average Bonchev–Trinajstić information content (AvgIpc) is 2.68. The summed E-state index contributed by atoms with van der Waals surface area (Å²) in [6.45, 7) is 8.70. The van der Waals surface area contributed by atoms with E-state index in [1.54, 1.807) is 0 Å². The highest BCUT2D eigenvalue weighted by Crippen LogP contribution is 2.17. The Kier molecular flexibility index (Phi) is 7.21. The quantitative estimate of drug-likeness (QED) is 0.738. The molecule has 0 bridgehead atoms. The molecule has 3 rings (SSSR count). The Morgan fingerprint density at radius 1 is 1.15 bits per heavy atom. The van der Waals surface area contributed by atoms with E-state index in [0.29, 0.717) is 17.6 Å². The fourth-order valence-corrected chi connectivity index (χ4v) is 3.42. The van der Waals surface area contributed by atoms with Crippen LogP contribution in [0.4, 0.5) is 5.69 Å². The monoisotopic (exact) mass is 383 g/mol. The molecule has 0 aromatic heterocycles. The van der Waals surface area contributed by atoms with Crippen molar-refractivity contribution in [3.8, 4) is 0 Å². The zero-order valence-corrected chi connectivity index (χ0v) is 17.0. The van der Waals surface area contributed by atoms with Crippen LogP contribution in [-0.2, 0) is 11.3 Å². The first-order chi connectivity index (χ1) is 13.1. The van der Waals surface area contributed by atoms with Crippen LogP contribution in [0.5, 0.6) is 0 Å². The number of hydrogen-bond donors (Lipinski definition) is 2. The fourth-order valence-electron chi connectivity index (χ4n) is 3.22. The highest BCUT2D eigenvalue weighted by atomic mass is 32.1. The summed E-state index contributed by atoms with van der Waals surface area (Å²) in [5.74, 6) is 0.534. The third kappa shape index (κ3) is 6.31. The molecule has 1 aliphatic rings. The Morgan fingerprint density at radius 2 is 1.89 bits per heavy atom. The maximum atomic E-state index is 5.90. The topological polar surface area (TPSA) is 36.5 Å². The Bertz CT molecular complexity index is 718. The summed E-state index contributed by atoms with van der Waals surface area (Å²) in [5, 5.41) is 7.18. The van der Waals surface area contributed by atoms with Crippen LogP contribution in [0.15, 0.2) is 54.6 Å². The van der Waals surface area contributed by atoms with Gasteiger partial charge in [-0.1, -0.05) is 56.3 Å². The van der Waals surface area contributed by atoms with Gasteiger partial charge in [-0.25, -0.2) is 0 Å². The molecule has 5 heteroatoms. The van der Waals surface area contributed by atoms with Gasteiger partial charge in [-0.05, 0) is 41.4 Å². The lowest BCUT2D eigenvalue weighted by Gasteiger charge is -2.33. The molecule has 2 aromatic carbocycles. The predicted octanol–water partition coefficient (Wildman–Crippen LogP) is 4.00. The standard InChI is InChI=1S/C22H29N3OS/c1-17(2)19-8-10-20(11-9-19)24-22(27)23-14-21-16-25(12-13-26-21)15-18-6-4-3-5-7-18/h3-11,17,21H,12-16H2,1-2H3,(H2,23,24,27)/t21-/m1/s1. The van der Waals surface area contributed by atoms with Gasteiger partial charge >= 0.3 is 0 Å². The summed E-state index contributed by atoms with van der Waals surface area (Å²) in [4.78, 5) is 2.44. The van der Waals surface area contributed by atoms with Crippen LogP contribution in [-0.4, -0.2) is 42.4 Å². The number of morpholine rings is 1. The molecule has 27 heavy (non-hydrogen) atoms. The van der Waals surface area contributed by atoms with Crippen LogP contribution in [0, 0.1) is 0 Å². The number of nitrogens with zero attached hydrogens (tertiary/aromatic N) is 1. The van der Waals surface area contributed by atoms with Gasteiger partial charge in [-0.3, -0.25) is 4.90 Å². The summed E-state index contributed by atoms with van der Waals surface area (Å²) >= 11 is 5.43. The molecule has 4 nitrogen and oxygen atoms in total. The minimum Gasteiger partial charge on any atom is -0.374 e. The van der Waals surface area contributed by atoms with E-state index < -0.39 is 0 Å². The van der Waals surface area contributed by atoms with E-state index in [-0.39, 0.29) is 6.10 Å². The number of hydrogen-bond acceptors (Lipinski definition) is 3. The first-order valence-electron chi connectivity index (χ1n) is 9.63. The summed E-state index contributed by atoms with van der Waals surface area (Å²) < 4.78 is 5.90. The van der Waals surface area contributed by atoms with Gasteiger partial charge in [0.15, 0.2) is 5.11 Å². The molecule has 0 aliphatic carbocycles. The SMILES string of the molecule is CC(C)c1ccc(NC(=S)NC[C@@H]2CN(Cc3ccccc3)CCO2)cc1. The molecular formula is C22H29N3OS. The molecule has 1 atom stereocenters. The molecule has 1 fully saturated rings. The Balaban J connectivity index is 1.42. The van der Waals surface area contributed by atoms with Crippen LogP contribution in [0.2, 0.25) is 0 Å². The molecule has 2 N–H and O–H groups in total. The van der Waals surface area contributed by atoms with Crippen molar-refractivity contribution in [2.24, 2.45) is 0 Å². The minimum atomic E-state index is 0.144. The lowest BCUT2D eigenvalue weighted by atomic mass is 10.0. The predicted molar refractivity (Wildman–Crippen MR) is 116 cm³/mol. The van der Waals surface area contributed by atoms with E-state index in [9.17, 15) is 0 Å². The number of ether oxygens (including phenoxy) is 1. The van der Waals surface area contributed by atoms with Crippen molar-refractivity contribution in [1.29, 1.82) is 0 Å². The summed E-state index contributed by atoms with van der Waals surface area (Å²) in [7, 11) is 0. The van der Waals surface area contributed by atoms with Crippen LogP contribution >= 0.6 is 12.2 Å². The molecule has 1 saturated heterocycles. The Labute approximate surface area is 167 Å². The van der Waals surface area contributed by atoms with Gasteiger partial charge < -0.3 is 15.4 Å². The summed E-state index contributed by atoms with van der Waals surface area (Å²) in [6.07, 6.45) is 0.144. The third-order valence-corrected chi connectivity index (χ3v) is 5.04. The van der Waals surface area contributed by atoms with Gasteiger partial charge in [-0.2, -0.15) is 0 Å². The van der Waals surface area contributed by atoms with Crippen molar-refractivity contribution >= 4 is 23.0 Å². The van der Waals surface area contributed by atoms with E-state index in [1.807, 2.05) is 0 Å². The van der Waals surface area contributed by atoms with Crippen molar-refractivity contribution in [1.82, 2.24) is 10.2 Å². The molecular weight excluding hydrogens is 354 g/mol. The van der Waals surface area contributed by atoms with Crippen molar-refractivity contribution in [3.05, 3.63) is 65.7 Å². The molecule has 1 heterocycles. The normalized spacial score (nSPS) is 17.7. The molecule has 0 amide bonds. The fraction of sp³-hybridized carbons (Fsp3) is 0.409.